The van der Waals surface area contributed by atoms with Crippen molar-refractivity contribution in [2.75, 3.05) is 25.0 Å². The molecule has 0 unspecified atom stereocenters. The molecule has 0 aromatic carbocycles. The molecule has 0 bridgehead atoms. The highest BCUT2D eigenvalue weighted by atomic mass is 16.5. The smallest absolute Gasteiger partial charge is 0.242 e. The minimum absolute atomic E-state index is 0.134. The first-order valence-corrected chi connectivity index (χ1v) is 7.51. The Balaban J connectivity index is 1.62. The fraction of sp³-hybridized carbons (Fsp3) is 0.571. The second-order valence-corrected chi connectivity index (χ2v) is 5.62. The third-order valence-corrected chi connectivity index (χ3v) is 3.81. The van der Waals surface area contributed by atoms with Crippen molar-refractivity contribution in [3.63, 3.8) is 0 Å². The van der Waals surface area contributed by atoms with E-state index in [9.17, 15) is 4.79 Å². The molecule has 2 aromatic rings. The molecule has 124 valence electrons. The van der Waals surface area contributed by atoms with Crippen LogP contribution in [0.15, 0.2) is 10.6 Å². The molecule has 9 heteroatoms. The number of hydrogen-bond donors (Lipinski definition) is 2. The fourth-order valence-corrected chi connectivity index (χ4v) is 2.50. The van der Waals surface area contributed by atoms with Gasteiger partial charge in [-0.1, -0.05) is 5.16 Å². The van der Waals surface area contributed by atoms with Gasteiger partial charge in [0.2, 0.25) is 5.91 Å². The third-order valence-electron chi connectivity index (χ3n) is 3.81. The Hall–Kier alpha value is -2.26. The molecule has 1 amide bonds. The summed E-state index contributed by atoms with van der Waals surface area (Å²) in [6, 6.07) is 1.36. The SMILES string of the molecule is Cc1nc([C@H]2CN([C@@H](C)C(=O)Nc3cc(C)on3)CCO2)n[nH]1. The molecule has 1 aliphatic rings. The number of rotatable bonds is 4. The Bertz CT molecular complexity index is 682. The van der Waals surface area contributed by atoms with Crippen LogP contribution in [0, 0.1) is 13.8 Å². The van der Waals surface area contributed by atoms with E-state index in [4.69, 9.17) is 9.26 Å². The van der Waals surface area contributed by atoms with Gasteiger partial charge in [0, 0.05) is 19.2 Å². The number of anilines is 1. The molecule has 0 radical (unpaired) electrons. The Labute approximate surface area is 133 Å². The van der Waals surface area contributed by atoms with Crippen molar-refractivity contribution in [1.29, 1.82) is 0 Å². The Morgan fingerprint density at radius 2 is 2.35 bits per heavy atom. The summed E-state index contributed by atoms with van der Waals surface area (Å²) < 4.78 is 10.7. The van der Waals surface area contributed by atoms with Gasteiger partial charge in [-0.3, -0.25) is 14.8 Å². The number of H-pyrrole nitrogens is 1. The van der Waals surface area contributed by atoms with Crippen molar-refractivity contribution in [1.82, 2.24) is 25.2 Å². The molecule has 1 aliphatic heterocycles. The van der Waals surface area contributed by atoms with Crippen LogP contribution in [0.25, 0.3) is 0 Å². The second-order valence-electron chi connectivity index (χ2n) is 5.62. The summed E-state index contributed by atoms with van der Waals surface area (Å²) in [7, 11) is 0. The number of morpholine rings is 1. The maximum absolute atomic E-state index is 12.4. The van der Waals surface area contributed by atoms with Crippen molar-refractivity contribution in [2.45, 2.75) is 32.9 Å². The van der Waals surface area contributed by atoms with E-state index in [0.717, 1.165) is 5.82 Å². The first-order chi connectivity index (χ1) is 11.0. The maximum atomic E-state index is 12.4. The summed E-state index contributed by atoms with van der Waals surface area (Å²) >= 11 is 0. The maximum Gasteiger partial charge on any atom is 0.242 e. The van der Waals surface area contributed by atoms with Crippen LogP contribution in [0.1, 0.15) is 30.4 Å². The van der Waals surface area contributed by atoms with Crippen LogP contribution in [-0.4, -0.2) is 56.9 Å². The van der Waals surface area contributed by atoms with Crippen molar-refractivity contribution in [3.8, 4) is 0 Å². The van der Waals surface area contributed by atoms with E-state index >= 15 is 0 Å². The Kier molecular flexibility index (Phi) is 4.39. The van der Waals surface area contributed by atoms with Gasteiger partial charge in [-0.15, -0.1) is 0 Å². The van der Waals surface area contributed by atoms with Gasteiger partial charge in [0.05, 0.1) is 12.6 Å². The molecule has 2 N–H and O–H groups in total. The van der Waals surface area contributed by atoms with Gasteiger partial charge in [0.15, 0.2) is 11.6 Å². The molecule has 1 saturated heterocycles. The summed E-state index contributed by atoms with van der Waals surface area (Å²) in [5.41, 5.74) is 0. The summed E-state index contributed by atoms with van der Waals surface area (Å²) in [5.74, 6) is 2.30. The van der Waals surface area contributed by atoms with Crippen LogP contribution in [-0.2, 0) is 9.53 Å². The molecule has 0 spiro atoms. The lowest BCUT2D eigenvalue weighted by atomic mass is 10.2. The number of carbonyl (C=O) groups is 1. The largest absolute Gasteiger partial charge is 0.367 e. The lowest BCUT2D eigenvalue weighted by molar-refractivity contribution is -0.124. The van der Waals surface area contributed by atoms with Crippen LogP contribution in [0.2, 0.25) is 0 Å². The number of aromatic amines is 1. The van der Waals surface area contributed by atoms with Gasteiger partial charge < -0.3 is 14.6 Å². The molecular formula is C14H20N6O3. The fourth-order valence-electron chi connectivity index (χ4n) is 2.50. The average molecular weight is 320 g/mol. The summed E-state index contributed by atoms with van der Waals surface area (Å²) in [6.45, 7) is 7.23. The first-order valence-electron chi connectivity index (χ1n) is 7.51. The van der Waals surface area contributed by atoms with Gasteiger partial charge in [-0.25, -0.2) is 4.98 Å². The van der Waals surface area contributed by atoms with Gasteiger partial charge in [-0.05, 0) is 20.8 Å². The topological polar surface area (TPSA) is 109 Å². The van der Waals surface area contributed by atoms with Crippen molar-refractivity contribution >= 4 is 11.7 Å². The van der Waals surface area contributed by atoms with E-state index in [2.05, 4.69) is 25.7 Å². The molecule has 0 aliphatic carbocycles. The van der Waals surface area contributed by atoms with Crippen LogP contribution in [0.4, 0.5) is 5.82 Å². The number of hydrogen-bond acceptors (Lipinski definition) is 7. The summed E-state index contributed by atoms with van der Waals surface area (Å²) in [5, 5.41) is 13.5. The highest BCUT2D eigenvalue weighted by molar-refractivity contribution is 5.93. The summed E-state index contributed by atoms with van der Waals surface area (Å²) in [4.78, 5) is 18.7. The van der Waals surface area contributed by atoms with E-state index in [1.54, 1.807) is 13.0 Å². The second kappa shape index (κ2) is 6.47. The molecule has 23 heavy (non-hydrogen) atoms. The minimum atomic E-state index is -0.321. The van der Waals surface area contributed by atoms with Gasteiger partial charge in [-0.2, -0.15) is 5.10 Å². The van der Waals surface area contributed by atoms with Crippen LogP contribution in [0.3, 0.4) is 0 Å². The van der Waals surface area contributed by atoms with Gasteiger partial charge in [0.25, 0.3) is 0 Å². The van der Waals surface area contributed by atoms with E-state index < -0.39 is 0 Å². The quantitative estimate of drug-likeness (QED) is 0.858. The van der Waals surface area contributed by atoms with E-state index in [1.807, 2.05) is 18.7 Å². The van der Waals surface area contributed by atoms with Crippen molar-refractivity contribution in [2.24, 2.45) is 0 Å². The molecule has 9 nitrogen and oxygen atoms in total. The summed E-state index contributed by atoms with van der Waals surface area (Å²) in [6.07, 6.45) is -0.238. The standard InChI is InChI=1S/C14H20N6O3/c1-8-6-12(19-23-8)16-14(21)9(2)20-4-5-22-11(7-20)13-15-10(3)17-18-13/h6,9,11H,4-5,7H2,1-3H3,(H,15,17,18)(H,16,19,21)/t9-,11+/m0/s1. The van der Waals surface area contributed by atoms with Crippen molar-refractivity contribution < 1.29 is 14.1 Å². The number of ether oxygens (including phenoxy) is 1. The molecule has 1 fully saturated rings. The molecule has 3 heterocycles. The normalized spacial score (nSPS) is 20.4. The van der Waals surface area contributed by atoms with E-state index in [1.165, 1.54) is 0 Å². The van der Waals surface area contributed by atoms with Crippen molar-refractivity contribution in [3.05, 3.63) is 23.5 Å². The lowest BCUT2D eigenvalue weighted by Gasteiger charge is -2.34. The Morgan fingerprint density at radius 3 is 3.00 bits per heavy atom. The third kappa shape index (κ3) is 3.57. The number of nitrogens with one attached hydrogen (secondary N) is 2. The zero-order chi connectivity index (χ0) is 16.4. The van der Waals surface area contributed by atoms with Crippen LogP contribution >= 0.6 is 0 Å². The minimum Gasteiger partial charge on any atom is -0.367 e. The number of aromatic nitrogens is 4. The molecule has 3 rings (SSSR count). The zero-order valence-corrected chi connectivity index (χ0v) is 13.4. The van der Waals surface area contributed by atoms with Crippen LogP contribution in [0.5, 0.6) is 0 Å². The Morgan fingerprint density at radius 1 is 1.52 bits per heavy atom. The average Bonchev–Trinajstić information content (AvgIpc) is 3.15. The monoisotopic (exact) mass is 320 g/mol. The number of aryl methyl sites for hydroxylation is 2. The van der Waals surface area contributed by atoms with Crippen LogP contribution < -0.4 is 5.32 Å². The predicted octanol–water partition coefficient (Wildman–Crippen LogP) is 0.810. The van der Waals surface area contributed by atoms with Gasteiger partial charge >= 0.3 is 0 Å². The molecule has 2 aromatic heterocycles. The molecular weight excluding hydrogens is 300 g/mol. The number of amides is 1. The van der Waals surface area contributed by atoms with E-state index in [0.29, 0.717) is 37.1 Å². The number of nitrogens with zero attached hydrogens (tertiary/aromatic N) is 4. The first kappa shape index (κ1) is 15.6. The highest BCUT2D eigenvalue weighted by Crippen LogP contribution is 2.21. The zero-order valence-electron chi connectivity index (χ0n) is 13.4. The molecule has 0 saturated carbocycles. The number of carbonyl (C=O) groups excluding carboxylic acids is 1. The molecule has 2 atom stereocenters. The lowest BCUT2D eigenvalue weighted by Crippen LogP contribution is -2.48. The predicted molar refractivity (Wildman–Crippen MR) is 80.7 cm³/mol. The van der Waals surface area contributed by atoms with Gasteiger partial charge in [0.1, 0.15) is 17.7 Å². The highest BCUT2D eigenvalue weighted by Gasteiger charge is 2.30. The van der Waals surface area contributed by atoms with E-state index in [-0.39, 0.29) is 18.1 Å².